The molecule has 1 unspecified atom stereocenters. The maximum atomic E-state index is 11.3. The smallest absolute Gasteiger partial charge is 0.320 e. The van der Waals surface area contributed by atoms with Gasteiger partial charge in [-0.3, -0.25) is 10.1 Å². The van der Waals surface area contributed by atoms with Crippen LogP contribution < -0.4 is 10.1 Å². The molecule has 0 saturated heterocycles. The molecule has 4 rings (SSSR count). The van der Waals surface area contributed by atoms with Crippen LogP contribution in [0.5, 0.6) is 5.75 Å². The highest BCUT2D eigenvalue weighted by Gasteiger charge is 2.26. The van der Waals surface area contributed by atoms with Gasteiger partial charge in [-0.25, -0.2) is 0 Å². The van der Waals surface area contributed by atoms with E-state index < -0.39 is 12.0 Å². The van der Waals surface area contributed by atoms with Crippen LogP contribution in [0.4, 0.5) is 0 Å². The van der Waals surface area contributed by atoms with Gasteiger partial charge in [-0.05, 0) is 69.4 Å². The molecule has 0 spiro atoms. The van der Waals surface area contributed by atoms with Gasteiger partial charge in [0, 0.05) is 17.2 Å². The summed E-state index contributed by atoms with van der Waals surface area (Å²) in [4.78, 5) is 11.3. The summed E-state index contributed by atoms with van der Waals surface area (Å²) in [5.74, 6) is -0.291. The van der Waals surface area contributed by atoms with Crippen LogP contribution in [0.1, 0.15) is 56.3 Å². The van der Waals surface area contributed by atoms with E-state index in [1.54, 1.807) is 19.1 Å². The summed E-state index contributed by atoms with van der Waals surface area (Å²) in [6.07, 6.45) is 2.77. The van der Waals surface area contributed by atoms with Crippen molar-refractivity contribution in [3.8, 4) is 33.0 Å². The summed E-state index contributed by atoms with van der Waals surface area (Å²) in [6.45, 7) is 5.52. The van der Waals surface area contributed by atoms with E-state index >= 15 is 0 Å². The lowest BCUT2D eigenvalue weighted by Gasteiger charge is -2.29. The molecular weight excluding hydrogens is 436 g/mol. The molecule has 8 heteroatoms. The lowest BCUT2D eigenvalue weighted by Crippen LogP contribution is -2.38. The Labute approximate surface area is 197 Å². The number of nitrogens with zero attached hydrogens (tertiary/aromatic N) is 3. The summed E-state index contributed by atoms with van der Waals surface area (Å²) in [6, 6.07) is 13.2. The third-order valence-electron chi connectivity index (χ3n) is 5.69. The van der Waals surface area contributed by atoms with Crippen LogP contribution in [0.15, 0.2) is 36.4 Å². The number of hydrogen-bond donors (Lipinski definition) is 2. The molecule has 0 saturated carbocycles. The van der Waals surface area contributed by atoms with Crippen molar-refractivity contribution in [2.24, 2.45) is 0 Å². The molecule has 33 heavy (non-hydrogen) atoms. The number of ether oxygens (including phenoxy) is 1. The van der Waals surface area contributed by atoms with Gasteiger partial charge in [0.1, 0.15) is 27.9 Å². The molecule has 7 nitrogen and oxygen atoms in total. The number of aliphatic carboxylic acids is 1. The van der Waals surface area contributed by atoms with Crippen molar-refractivity contribution in [2.75, 3.05) is 0 Å². The van der Waals surface area contributed by atoms with E-state index in [1.807, 2.05) is 32.0 Å². The minimum Gasteiger partial charge on any atom is -0.490 e. The second kappa shape index (κ2) is 9.69. The van der Waals surface area contributed by atoms with Crippen LogP contribution in [0.2, 0.25) is 0 Å². The Hall–Kier alpha value is -3.28. The van der Waals surface area contributed by atoms with E-state index in [-0.39, 0.29) is 12.1 Å². The Morgan fingerprint density at radius 3 is 2.76 bits per heavy atom. The zero-order valence-electron chi connectivity index (χ0n) is 18.8. The molecule has 0 bridgehead atoms. The first-order valence-electron chi connectivity index (χ1n) is 11.0. The second-order valence-electron chi connectivity index (χ2n) is 8.45. The van der Waals surface area contributed by atoms with Crippen LogP contribution in [0, 0.1) is 11.3 Å². The third kappa shape index (κ3) is 4.90. The van der Waals surface area contributed by atoms with Crippen LogP contribution in [0.25, 0.3) is 21.1 Å². The number of benzene rings is 2. The second-order valence-corrected chi connectivity index (χ2v) is 9.42. The van der Waals surface area contributed by atoms with Crippen molar-refractivity contribution in [1.82, 2.24) is 15.5 Å². The largest absolute Gasteiger partial charge is 0.490 e. The molecule has 1 aliphatic carbocycles. The van der Waals surface area contributed by atoms with Crippen molar-refractivity contribution >= 4 is 17.3 Å². The highest BCUT2D eigenvalue weighted by Crippen LogP contribution is 2.39. The molecule has 1 aromatic heterocycles. The van der Waals surface area contributed by atoms with Gasteiger partial charge in [0.25, 0.3) is 0 Å². The average molecular weight is 463 g/mol. The topological polar surface area (TPSA) is 108 Å². The predicted molar refractivity (Wildman–Crippen MR) is 127 cm³/mol. The summed E-state index contributed by atoms with van der Waals surface area (Å²) in [5, 5.41) is 32.5. The van der Waals surface area contributed by atoms with Gasteiger partial charge in [0.15, 0.2) is 0 Å². The lowest BCUT2D eigenvalue weighted by atomic mass is 9.84. The molecule has 0 radical (unpaired) electrons. The van der Waals surface area contributed by atoms with Gasteiger partial charge in [0.2, 0.25) is 0 Å². The number of rotatable bonds is 7. The van der Waals surface area contributed by atoms with Crippen molar-refractivity contribution in [1.29, 1.82) is 5.26 Å². The Kier molecular flexibility index (Phi) is 6.72. The van der Waals surface area contributed by atoms with E-state index in [0.717, 1.165) is 46.0 Å². The van der Waals surface area contributed by atoms with Crippen molar-refractivity contribution in [2.45, 2.75) is 58.2 Å². The Bertz CT molecular complexity index is 1210. The Morgan fingerprint density at radius 2 is 2.03 bits per heavy atom. The molecule has 1 aliphatic rings. The van der Waals surface area contributed by atoms with Crippen molar-refractivity contribution in [3.63, 3.8) is 0 Å². The highest BCUT2D eigenvalue weighted by atomic mass is 32.1. The fraction of sp³-hybridized carbons (Fsp3) is 0.360. The van der Waals surface area contributed by atoms with E-state index in [2.05, 4.69) is 27.6 Å². The van der Waals surface area contributed by atoms with Crippen LogP contribution in [-0.2, 0) is 11.2 Å². The number of hydrogen-bond acceptors (Lipinski definition) is 7. The van der Waals surface area contributed by atoms with Gasteiger partial charge in [0.05, 0.1) is 11.7 Å². The zero-order valence-corrected chi connectivity index (χ0v) is 19.6. The van der Waals surface area contributed by atoms with E-state index in [9.17, 15) is 15.2 Å². The predicted octanol–water partition coefficient (Wildman–Crippen LogP) is 4.97. The fourth-order valence-corrected chi connectivity index (χ4v) is 5.04. The first-order chi connectivity index (χ1) is 15.9. The van der Waals surface area contributed by atoms with E-state index in [1.165, 1.54) is 16.9 Å². The number of nitriles is 1. The maximum Gasteiger partial charge on any atom is 0.320 e. The molecule has 0 amide bonds. The number of carbonyl (C=O) groups is 1. The highest BCUT2D eigenvalue weighted by molar-refractivity contribution is 7.17. The maximum absolute atomic E-state index is 11.3. The summed E-state index contributed by atoms with van der Waals surface area (Å²) in [7, 11) is 0. The Balaban J connectivity index is 1.65. The minimum atomic E-state index is -0.853. The average Bonchev–Trinajstić information content (AvgIpc) is 3.29. The van der Waals surface area contributed by atoms with Crippen LogP contribution in [-0.4, -0.2) is 33.4 Å². The fourth-order valence-electron chi connectivity index (χ4n) is 4.15. The normalized spacial score (nSPS) is 16.2. The van der Waals surface area contributed by atoms with E-state index in [4.69, 9.17) is 4.74 Å². The van der Waals surface area contributed by atoms with Gasteiger partial charge in [-0.15, -0.1) is 10.2 Å². The van der Waals surface area contributed by atoms with Crippen molar-refractivity contribution < 1.29 is 14.6 Å². The first kappa shape index (κ1) is 22.9. The first-order valence-corrected chi connectivity index (χ1v) is 11.8. The third-order valence-corrected chi connectivity index (χ3v) is 6.70. The number of aromatic nitrogens is 2. The monoisotopic (exact) mass is 462 g/mol. The van der Waals surface area contributed by atoms with E-state index in [0.29, 0.717) is 11.3 Å². The van der Waals surface area contributed by atoms with Crippen LogP contribution in [0.3, 0.4) is 0 Å². The molecule has 2 atom stereocenters. The SMILES string of the molecule is CC(C)Oc1ccc(-c2nnc(-c3cccc4c3CCCC4N[C@@H](C)C(=O)O)s2)cc1C#N. The number of carboxylic acids is 1. The van der Waals surface area contributed by atoms with Gasteiger partial charge >= 0.3 is 5.97 Å². The molecule has 2 aromatic carbocycles. The summed E-state index contributed by atoms with van der Waals surface area (Å²) < 4.78 is 5.72. The molecule has 0 aliphatic heterocycles. The number of nitrogens with one attached hydrogen (secondary N) is 1. The number of fused-ring (bicyclic) bond motifs is 1. The Morgan fingerprint density at radius 1 is 1.24 bits per heavy atom. The molecule has 1 heterocycles. The minimum absolute atomic E-state index is 0.00104. The van der Waals surface area contributed by atoms with Crippen LogP contribution >= 0.6 is 11.3 Å². The number of carboxylic acid groups (broad SMARTS) is 1. The molecule has 3 aromatic rings. The molecule has 0 fully saturated rings. The standard InChI is InChI=1S/C25H26N4O3S/c1-14(2)32-22-11-10-16(12-17(22)13-26)23-28-29-24(33-23)20-8-4-7-19-18(20)6-5-9-21(19)27-15(3)25(30)31/h4,7-8,10-12,14-15,21,27H,5-6,9H2,1-3H3,(H,30,31)/t15-,21?/m0/s1. The molecular formula is C25H26N4O3S. The zero-order chi connectivity index (χ0) is 23.5. The molecule has 170 valence electrons. The summed E-state index contributed by atoms with van der Waals surface area (Å²) >= 11 is 1.48. The lowest BCUT2D eigenvalue weighted by molar-refractivity contribution is -0.139. The molecule has 2 N–H and O–H groups in total. The van der Waals surface area contributed by atoms with Gasteiger partial charge < -0.3 is 9.84 Å². The quantitative estimate of drug-likeness (QED) is 0.510. The summed E-state index contributed by atoms with van der Waals surface area (Å²) in [5.41, 5.74) is 4.65. The van der Waals surface area contributed by atoms with Gasteiger partial charge in [-0.1, -0.05) is 29.5 Å². The van der Waals surface area contributed by atoms with Crippen molar-refractivity contribution in [3.05, 3.63) is 53.1 Å². The van der Waals surface area contributed by atoms with Gasteiger partial charge in [-0.2, -0.15) is 5.26 Å².